The molecule has 3 atom stereocenters. The summed E-state index contributed by atoms with van der Waals surface area (Å²) < 4.78 is 12.0. The number of hydrogen-bond acceptors (Lipinski definition) is 5. The topological polar surface area (TPSA) is 71.0 Å². The molecule has 0 spiro atoms. The molecule has 29 heavy (non-hydrogen) atoms. The minimum atomic E-state index is -0.471. The molecule has 2 heterocycles. The summed E-state index contributed by atoms with van der Waals surface area (Å²) in [5.41, 5.74) is 3.89. The number of fused-ring (bicyclic) bond motifs is 1. The molecule has 4 rings (SSSR count). The summed E-state index contributed by atoms with van der Waals surface area (Å²) in [6.45, 7) is 4.80. The van der Waals surface area contributed by atoms with Crippen molar-refractivity contribution in [3.05, 3.63) is 58.1 Å². The van der Waals surface area contributed by atoms with Gasteiger partial charge in [0.25, 0.3) is 0 Å². The van der Waals surface area contributed by atoms with Gasteiger partial charge in [-0.2, -0.15) is 0 Å². The van der Waals surface area contributed by atoms with Crippen LogP contribution in [-0.2, 0) is 11.2 Å². The summed E-state index contributed by atoms with van der Waals surface area (Å²) in [7, 11) is 0. The van der Waals surface area contributed by atoms with E-state index < -0.39 is 6.10 Å². The molecular formula is C23H28ClNO4. The molecule has 5 nitrogen and oxygen atoms in total. The van der Waals surface area contributed by atoms with Crippen LogP contribution in [0.4, 0.5) is 5.69 Å². The van der Waals surface area contributed by atoms with E-state index >= 15 is 0 Å². The maximum absolute atomic E-state index is 10.1. The summed E-state index contributed by atoms with van der Waals surface area (Å²) in [4.78, 5) is 0. The van der Waals surface area contributed by atoms with Gasteiger partial charge in [-0.05, 0) is 55.2 Å². The number of aliphatic hydroxyl groups excluding tert-OH is 2. The van der Waals surface area contributed by atoms with Crippen molar-refractivity contribution in [3.8, 4) is 5.75 Å². The number of benzene rings is 2. The zero-order valence-electron chi connectivity index (χ0n) is 16.8. The second-order valence-corrected chi connectivity index (χ2v) is 9.04. The molecule has 2 aromatic rings. The summed E-state index contributed by atoms with van der Waals surface area (Å²) in [6, 6.07) is 12.0. The molecule has 0 radical (unpaired) electrons. The number of aliphatic hydroxyl groups is 2. The number of ether oxygens (including phenoxy) is 2. The van der Waals surface area contributed by atoms with Crippen molar-refractivity contribution >= 4 is 17.3 Å². The van der Waals surface area contributed by atoms with Gasteiger partial charge in [0.15, 0.2) is 0 Å². The van der Waals surface area contributed by atoms with Crippen molar-refractivity contribution in [2.45, 2.75) is 57.0 Å². The molecule has 6 heteroatoms. The third-order valence-corrected chi connectivity index (χ3v) is 5.92. The Morgan fingerprint density at radius 2 is 2.00 bits per heavy atom. The Morgan fingerprint density at radius 1 is 1.17 bits per heavy atom. The van der Waals surface area contributed by atoms with Crippen LogP contribution in [0.25, 0.3) is 0 Å². The van der Waals surface area contributed by atoms with E-state index in [9.17, 15) is 10.2 Å². The van der Waals surface area contributed by atoms with Crippen LogP contribution in [0.5, 0.6) is 5.75 Å². The SMILES string of the molecule is CC1(C)CNc2cc(Cc3cc(C4CC(O)CC(CO)O4)ccc3Cl)ccc2O1. The fraction of sp³-hybridized carbons (Fsp3) is 0.478. The molecule has 2 aliphatic rings. The second kappa shape index (κ2) is 8.15. The lowest BCUT2D eigenvalue weighted by atomic mass is 9.94. The van der Waals surface area contributed by atoms with Crippen LogP contribution >= 0.6 is 11.6 Å². The third kappa shape index (κ3) is 4.69. The quantitative estimate of drug-likeness (QED) is 0.699. The monoisotopic (exact) mass is 417 g/mol. The second-order valence-electron chi connectivity index (χ2n) is 8.63. The average Bonchev–Trinajstić information content (AvgIpc) is 2.68. The Morgan fingerprint density at radius 3 is 2.79 bits per heavy atom. The van der Waals surface area contributed by atoms with Gasteiger partial charge in [-0.3, -0.25) is 0 Å². The predicted octanol–water partition coefficient (Wildman–Crippen LogP) is 4.09. The Balaban J connectivity index is 1.54. The number of nitrogens with one attached hydrogen (secondary N) is 1. The lowest BCUT2D eigenvalue weighted by molar-refractivity contribution is -0.113. The van der Waals surface area contributed by atoms with Crippen molar-refractivity contribution < 1.29 is 19.7 Å². The zero-order chi connectivity index (χ0) is 20.6. The van der Waals surface area contributed by atoms with Crippen LogP contribution in [-0.4, -0.2) is 41.2 Å². The highest BCUT2D eigenvalue weighted by molar-refractivity contribution is 6.31. The first kappa shape index (κ1) is 20.5. The minimum absolute atomic E-state index is 0.0883. The lowest BCUT2D eigenvalue weighted by Crippen LogP contribution is -2.40. The number of rotatable bonds is 4. The van der Waals surface area contributed by atoms with Gasteiger partial charge in [-0.1, -0.05) is 29.8 Å². The third-order valence-electron chi connectivity index (χ3n) is 5.55. The summed E-state index contributed by atoms with van der Waals surface area (Å²) in [5.74, 6) is 0.865. The van der Waals surface area contributed by atoms with Crippen LogP contribution in [0.3, 0.4) is 0 Å². The highest BCUT2D eigenvalue weighted by atomic mass is 35.5. The van der Waals surface area contributed by atoms with Crippen LogP contribution in [0, 0.1) is 0 Å². The molecule has 3 N–H and O–H groups in total. The van der Waals surface area contributed by atoms with E-state index in [0.717, 1.165) is 34.7 Å². The molecule has 0 aliphatic carbocycles. The van der Waals surface area contributed by atoms with Gasteiger partial charge in [0.05, 0.1) is 37.2 Å². The predicted molar refractivity (Wildman–Crippen MR) is 114 cm³/mol. The van der Waals surface area contributed by atoms with Crippen molar-refractivity contribution in [2.24, 2.45) is 0 Å². The van der Waals surface area contributed by atoms with E-state index in [1.54, 1.807) is 0 Å². The first-order valence-electron chi connectivity index (χ1n) is 10.1. The molecule has 156 valence electrons. The van der Waals surface area contributed by atoms with E-state index in [-0.39, 0.29) is 24.4 Å². The van der Waals surface area contributed by atoms with Crippen LogP contribution < -0.4 is 10.1 Å². The van der Waals surface area contributed by atoms with Gasteiger partial charge in [-0.25, -0.2) is 0 Å². The Labute approximate surface area is 176 Å². The maximum atomic E-state index is 10.1. The summed E-state index contributed by atoms with van der Waals surface area (Å²) in [6.07, 6.45) is 0.624. The molecule has 0 amide bonds. The van der Waals surface area contributed by atoms with Gasteiger partial charge >= 0.3 is 0 Å². The number of halogens is 1. The fourth-order valence-electron chi connectivity index (χ4n) is 4.03. The van der Waals surface area contributed by atoms with Gasteiger partial charge in [0.1, 0.15) is 11.4 Å². The van der Waals surface area contributed by atoms with Crippen molar-refractivity contribution in [2.75, 3.05) is 18.5 Å². The molecule has 0 saturated carbocycles. The van der Waals surface area contributed by atoms with Crippen LogP contribution in [0.2, 0.25) is 5.02 Å². The molecule has 3 unspecified atom stereocenters. The Hall–Kier alpha value is -1.79. The van der Waals surface area contributed by atoms with Crippen LogP contribution in [0.15, 0.2) is 36.4 Å². The normalized spacial score (nSPS) is 25.6. The summed E-state index contributed by atoms with van der Waals surface area (Å²) in [5, 5.41) is 23.7. The van der Waals surface area contributed by atoms with E-state index in [1.807, 2.05) is 24.3 Å². The molecule has 0 bridgehead atoms. The van der Waals surface area contributed by atoms with E-state index in [2.05, 4.69) is 31.3 Å². The molecule has 2 aromatic carbocycles. The van der Waals surface area contributed by atoms with Gasteiger partial charge in [-0.15, -0.1) is 0 Å². The molecular weight excluding hydrogens is 390 g/mol. The highest BCUT2D eigenvalue weighted by Gasteiger charge is 2.29. The fourth-order valence-corrected chi connectivity index (χ4v) is 4.21. The minimum Gasteiger partial charge on any atom is -0.484 e. The summed E-state index contributed by atoms with van der Waals surface area (Å²) >= 11 is 6.48. The van der Waals surface area contributed by atoms with Crippen molar-refractivity contribution in [3.63, 3.8) is 0 Å². The first-order valence-corrected chi connectivity index (χ1v) is 10.5. The van der Waals surface area contributed by atoms with Crippen molar-refractivity contribution in [1.29, 1.82) is 0 Å². The largest absolute Gasteiger partial charge is 0.484 e. The average molecular weight is 418 g/mol. The van der Waals surface area contributed by atoms with Crippen molar-refractivity contribution in [1.82, 2.24) is 0 Å². The Kier molecular flexibility index (Phi) is 5.76. The smallest absolute Gasteiger partial charge is 0.143 e. The maximum Gasteiger partial charge on any atom is 0.143 e. The molecule has 1 saturated heterocycles. The zero-order valence-corrected chi connectivity index (χ0v) is 17.6. The van der Waals surface area contributed by atoms with Gasteiger partial charge in [0.2, 0.25) is 0 Å². The van der Waals surface area contributed by atoms with E-state index in [1.165, 1.54) is 0 Å². The van der Waals surface area contributed by atoms with E-state index in [4.69, 9.17) is 21.1 Å². The highest BCUT2D eigenvalue weighted by Crippen LogP contribution is 2.36. The standard InChI is InChI=1S/C23H28ClNO4/c1-23(2)13-25-20-8-14(3-6-21(20)29-23)7-16-9-15(4-5-19(16)24)22-11-17(27)10-18(12-26)28-22/h3-6,8-9,17-18,22,25-27H,7,10-13H2,1-2H3. The van der Waals surface area contributed by atoms with E-state index in [0.29, 0.717) is 24.3 Å². The molecule has 0 aromatic heterocycles. The lowest BCUT2D eigenvalue weighted by Gasteiger charge is -2.33. The number of hydrogen-bond donors (Lipinski definition) is 3. The van der Waals surface area contributed by atoms with Gasteiger partial charge < -0.3 is 25.0 Å². The van der Waals surface area contributed by atoms with Crippen LogP contribution in [0.1, 0.15) is 49.5 Å². The van der Waals surface area contributed by atoms with Gasteiger partial charge in [0, 0.05) is 17.9 Å². The Bertz CT molecular complexity index is 885. The number of anilines is 1. The molecule has 2 aliphatic heterocycles. The molecule has 1 fully saturated rings. The first-order chi connectivity index (χ1) is 13.8.